The number of nitrogens with zero attached hydrogens (tertiary/aromatic N) is 2. The highest BCUT2D eigenvalue weighted by atomic mass is 16.5. The van der Waals surface area contributed by atoms with Crippen molar-refractivity contribution in [1.29, 1.82) is 0 Å². The second-order valence-corrected chi connectivity index (χ2v) is 5.85. The van der Waals surface area contributed by atoms with Gasteiger partial charge < -0.3 is 19.4 Å². The molecule has 24 heavy (non-hydrogen) atoms. The number of carbonyl (C=O) groups is 1. The van der Waals surface area contributed by atoms with Crippen LogP contribution in [-0.4, -0.2) is 48.8 Å². The van der Waals surface area contributed by atoms with Crippen molar-refractivity contribution in [2.45, 2.75) is 6.04 Å². The number of aromatic nitrogens is 1. The SMILES string of the molecule is COc1ccccc1NC(=O)CN1CCOC[C@@H]1c1cccn1C. The first-order chi connectivity index (χ1) is 11.7. The summed E-state index contributed by atoms with van der Waals surface area (Å²) in [5.41, 5.74) is 1.84. The summed E-state index contributed by atoms with van der Waals surface area (Å²) >= 11 is 0. The number of anilines is 1. The van der Waals surface area contributed by atoms with Crippen LogP contribution in [-0.2, 0) is 16.6 Å². The molecule has 1 N–H and O–H groups in total. The van der Waals surface area contributed by atoms with Gasteiger partial charge >= 0.3 is 0 Å². The topological polar surface area (TPSA) is 55.7 Å². The van der Waals surface area contributed by atoms with E-state index in [9.17, 15) is 4.79 Å². The van der Waals surface area contributed by atoms with Gasteiger partial charge in [0.25, 0.3) is 0 Å². The van der Waals surface area contributed by atoms with Gasteiger partial charge in [0.2, 0.25) is 5.91 Å². The largest absolute Gasteiger partial charge is 0.495 e. The van der Waals surface area contributed by atoms with Crippen LogP contribution in [0.2, 0.25) is 0 Å². The smallest absolute Gasteiger partial charge is 0.238 e. The Labute approximate surface area is 142 Å². The molecule has 1 aliphatic rings. The van der Waals surface area contributed by atoms with Crippen LogP contribution in [0.4, 0.5) is 5.69 Å². The summed E-state index contributed by atoms with van der Waals surface area (Å²) in [6, 6.07) is 11.6. The summed E-state index contributed by atoms with van der Waals surface area (Å²) in [5, 5.41) is 2.94. The molecule has 128 valence electrons. The number of rotatable bonds is 5. The molecule has 1 aromatic carbocycles. The minimum absolute atomic E-state index is 0.0550. The minimum Gasteiger partial charge on any atom is -0.495 e. The molecule has 2 heterocycles. The molecule has 1 amide bonds. The second-order valence-electron chi connectivity index (χ2n) is 5.85. The fourth-order valence-electron chi connectivity index (χ4n) is 3.04. The fourth-order valence-corrected chi connectivity index (χ4v) is 3.04. The summed E-state index contributed by atoms with van der Waals surface area (Å²) in [5.74, 6) is 0.604. The maximum atomic E-state index is 12.5. The van der Waals surface area contributed by atoms with E-state index in [1.165, 1.54) is 0 Å². The predicted octanol–water partition coefficient (Wildman–Crippen LogP) is 2.05. The Balaban J connectivity index is 1.69. The van der Waals surface area contributed by atoms with Gasteiger partial charge in [-0.1, -0.05) is 12.1 Å². The fraction of sp³-hybridized carbons (Fsp3) is 0.389. The van der Waals surface area contributed by atoms with Gasteiger partial charge in [0.05, 0.1) is 38.6 Å². The second kappa shape index (κ2) is 7.51. The van der Waals surface area contributed by atoms with Gasteiger partial charge in [0, 0.05) is 25.5 Å². The lowest BCUT2D eigenvalue weighted by atomic mass is 10.1. The number of carbonyl (C=O) groups excluding carboxylic acids is 1. The van der Waals surface area contributed by atoms with Crippen LogP contribution < -0.4 is 10.1 Å². The molecule has 0 saturated carbocycles. The van der Waals surface area contributed by atoms with Crippen LogP contribution in [0.25, 0.3) is 0 Å². The van der Waals surface area contributed by atoms with Crippen molar-refractivity contribution in [3.8, 4) is 5.75 Å². The number of ether oxygens (including phenoxy) is 2. The van der Waals surface area contributed by atoms with E-state index in [2.05, 4.69) is 20.9 Å². The van der Waals surface area contributed by atoms with Gasteiger partial charge in [-0.15, -0.1) is 0 Å². The van der Waals surface area contributed by atoms with Crippen molar-refractivity contribution in [2.24, 2.45) is 7.05 Å². The van der Waals surface area contributed by atoms with E-state index in [0.29, 0.717) is 31.2 Å². The zero-order valence-corrected chi connectivity index (χ0v) is 14.1. The third-order valence-corrected chi connectivity index (χ3v) is 4.29. The number of benzene rings is 1. The van der Waals surface area contributed by atoms with E-state index in [4.69, 9.17) is 9.47 Å². The van der Waals surface area contributed by atoms with Gasteiger partial charge in [-0.25, -0.2) is 0 Å². The summed E-state index contributed by atoms with van der Waals surface area (Å²) < 4.78 is 13.0. The molecule has 1 fully saturated rings. The van der Waals surface area contributed by atoms with E-state index < -0.39 is 0 Å². The van der Waals surface area contributed by atoms with Gasteiger partial charge in [-0.2, -0.15) is 0 Å². The molecule has 1 aliphatic heterocycles. The van der Waals surface area contributed by atoms with Crippen molar-refractivity contribution in [3.05, 3.63) is 48.3 Å². The summed E-state index contributed by atoms with van der Waals surface area (Å²) in [7, 11) is 3.61. The van der Waals surface area contributed by atoms with Crippen LogP contribution in [0.1, 0.15) is 11.7 Å². The Hall–Kier alpha value is -2.31. The number of para-hydroxylation sites is 2. The third kappa shape index (κ3) is 3.60. The van der Waals surface area contributed by atoms with E-state index in [0.717, 1.165) is 12.2 Å². The van der Waals surface area contributed by atoms with Crippen LogP contribution in [0.5, 0.6) is 5.75 Å². The highest BCUT2D eigenvalue weighted by Gasteiger charge is 2.27. The van der Waals surface area contributed by atoms with E-state index in [1.54, 1.807) is 7.11 Å². The molecule has 0 bridgehead atoms. The van der Waals surface area contributed by atoms with Crippen LogP contribution in [0.3, 0.4) is 0 Å². The number of aryl methyl sites for hydroxylation is 1. The predicted molar refractivity (Wildman–Crippen MR) is 92.2 cm³/mol. The average molecular weight is 329 g/mol. The van der Waals surface area contributed by atoms with Crippen molar-refractivity contribution in [2.75, 3.05) is 38.7 Å². The number of nitrogens with one attached hydrogen (secondary N) is 1. The van der Waals surface area contributed by atoms with E-state index in [1.807, 2.05) is 43.6 Å². The van der Waals surface area contributed by atoms with Crippen LogP contribution in [0, 0.1) is 0 Å². The summed E-state index contributed by atoms with van der Waals surface area (Å²) in [6.45, 7) is 2.29. The quantitative estimate of drug-likeness (QED) is 0.912. The highest BCUT2D eigenvalue weighted by Crippen LogP contribution is 2.25. The molecule has 1 saturated heterocycles. The van der Waals surface area contributed by atoms with Crippen molar-refractivity contribution >= 4 is 11.6 Å². The molecule has 6 heteroatoms. The molecule has 1 aromatic heterocycles. The average Bonchev–Trinajstić information content (AvgIpc) is 3.01. The molecule has 1 atom stereocenters. The Kier molecular flexibility index (Phi) is 5.17. The van der Waals surface area contributed by atoms with Crippen molar-refractivity contribution in [1.82, 2.24) is 9.47 Å². The zero-order valence-electron chi connectivity index (χ0n) is 14.1. The Morgan fingerprint density at radius 3 is 2.92 bits per heavy atom. The van der Waals surface area contributed by atoms with Crippen LogP contribution in [0.15, 0.2) is 42.6 Å². The maximum absolute atomic E-state index is 12.5. The van der Waals surface area contributed by atoms with E-state index >= 15 is 0 Å². The Morgan fingerprint density at radius 2 is 2.17 bits per heavy atom. The summed E-state index contributed by atoms with van der Waals surface area (Å²) in [4.78, 5) is 14.6. The molecule has 0 aliphatic carbocycles. The standard InChI is InChI=1S/C18H23N3O3/c1-20-9-5-7-15(20)16-13-24-11-10-21(16)12-18(22)19-14-6-3-4-8-17(14)23-2/h3-9,16H,10-13H2,1-2H3,(H,19,22)/t16-/m1/s1. The first-order valence-corrected chi connectivity index (χ1v) is 8.05. The number of methoxy groups -OCH3 is 1. The highest BCUT2D eigenvalue weighted by molar-refractivity contribution is 5.93. The molecular weight excluding hydrogens is 306 g/mol. The van der Waals surface area contributed by atoms with Crippen molar-refractivity contribution < 1.29 is 14.3 Å². The summed E-state index contributed by atoms with van der Waals surface area (Å²) in [6.07, 6.45) is 2.01. The third-order valence-electron chi connectivity index (χ3n) is 4.29. The van der Waals surface area contributed by atoms with Gasteiger partial charge in [-0.3, -0.25) is 9.69 Å². The first-order valence-electron chi connectivity index (χ1n) is 8.05. The minimum atomic E-state index is -0.0550. The molecule has 0 radical (unpaired) electrons. The molecule has 3 rings (SSSR count). The lowest BCUT2D eigenvalue weighted by molar-refractivity contribution is -0.119. The van der Waals surface area contributed by atoms with Gasteiger partial charge in [0.15, 0.2) is 0 Å². The number of morpholine rings is 1. The van der Waals surface area contributed by atoms with E-state index in [-0.39, 0.29) is 11.9 Å². The lowest BCUT2D eigenvalue weighted by Gasteiger charge is -2.35. The molecule has 0 unspecified atom stereocenters. The number of amides is 1. The normalized spacial score (nSPS) is 18.3. The van der Waals surface area contributed by atoms with Gasteiger partial charge in [-0.05, 0) is 24.3 Å². The molecule has 0 spiro atoms. The maximum Gasteiger partial charge on any atom is 0.238 e. The zero-order chi connectivity index (χ0) is 16.9. The lowest BCUT2D eigenvalue weighted by Crippen LogP contribution is -2.44. The molecule has 2 aromatic rings. The molecular formula is C18H23N3O3. The number of hydrogen-bond donors (Lipinski definition) is 1. The van der Waals surface area contributed by atoms with Crippen molar-refractivity contribution in [3.63, 3.8) is 0 Å². The Morgan fingerprint density at radius 1 is 1.33 bits per heavy atom. The van der Waals surface area contributed by atoms with Gasteiger partial charge in [0.1, 0.15) is 5.75 Å². The molecule has 6 nitrogen and oxygen atoms in total. The van der Waals surface area contributed by atoms with Crippen LogP contribution >= 0.6 is 0 Å². The Bertz CT molecular complexity index is 698. The monoisotopic (exact) mass is 329 g/mol. The first kappa shape index (κ1) is 16.5. The number of hydrogen-bond acceptors (Lipinski definition) is 4.